The van der Waals surface area contributed by atoms with Crippen LogP contribution in [-0.4, -0.2) is 45.0 Å². The average molecular weight is 344 g/mol. The lowest BCUT2D eigenvalue weighted by Gasteiger charge is -2.22. The van der Waals surface area contributed by atoms with E-state index in [1.54, 1.807) is 24.0 Å². The van der Waals surface area contributed by atoms with Crippen molar-refractivity contribution in [3.8, 4) is 5.75 Å². The summed E-state index contributed by atoms with van der Waals surface area (Å²) in [5.74, 6) is 0.0801. The van der Waals surface area contributed by atoms with Gasteiger partial charge in [0.1, 0.15) is 0 Å². The summed E-state index contributed by atoms with van der Waals surface area (Å²) in [6.45, 7) is 2.88. The van der Waals surface area contributed by atoms with Gasteiger partial charge in [0.05, 0.1) is 11.7 Å². The minimum absolute atomic E-state index is 0.101. The number of benzene rings is 1. The van der Waals surface area contributed by atoms with Gasteiger partial charge in [0, 0.05) is 25.2 Å². The van der Waals surface area contributed by atoms with Crippen molar-refractivity contribution in [3.63, 3.8) is 0 Å². The Morgan fingerprint density at radius 3 is 2.88 bits per heavy atom. The summed E-state index contributed by atoms with van der Waals surface area (Å²) in [5.41, 5.74) is 1.06. The van der Waals surface area contributed by atoms with E-state index in [1.807, 2.05) is 10.9 Å². The second kappa shape index (κ2) is 6.46. The van der Waals surface area contributed by atoms with Crippen molar-refractivity contribution in [2.24, 2.45) is 0 Å². The van der Waals surface area contributed by atoms with E-state index in [0.29, 0.717) is 19.0 Å². The molecule has 2 aromatic rings. The molecule has 4 rings (SSSR count). The van der Waals surface area contributed by atoms with Gasteiger partial charge in [-0.1, -0.05) is 17.3 Å². The van der Waals surface area contributed by atoms with Crippen LogP contribution in [0.5, 0.6) is 5.75 Å². The van der Waals surface area contributed by atoms with E-state index in [-0.39, 0.29) is 17.7 Å². The van der Waals surface area contributed by atoms with Crippen LogP contribution in [0.4, 0.5) is 4.39 Å². The Morgan fingerprint density at radius 1 is 1.32 bits per heavy atom. The lowest BCUT2D eigenvalue weighted by atomic mass is 10.2. The van der Waals surface area contributed by atoms with Gasteiger partial charge in [0.25, 0.3) is 5.91 Å². The number of halogens is 1. The Balaban J connectivity index is 1.37. The molecule has 2 heterocycles. The highest BCUT2D eigenvalue weighted by molar-refractivity contribution is 5.81. The van der Waals surface area contributed by atoms with Gasteiger partial charge in [-0.05, 0) is 38.3 Å². The zero-order valence-corrected chi connectivity index (χ0v) is 14.1. The molecule has 0 radical (unpaired) electrons. The van der Waals surface area contributed by atoms with Crippen LogP contribution in [0.15, 0.2) is 30.5 Å². The first-order valence-electron chi connectivity index (χ1n) is 8.73. The summed E-state index contributed by atoms with van der Waals surface area (Å²) in [6.07, 6.45) is 4.51. The van der Waals surface area contributed by atoms with Gasteiger partial charge >= 0.3 is 0 Å². The maximum absolute atomic E-state index is 13.7. The minimum atomic E-state index is -0.728. The van der Waals surface area contributed by atoms with Crippen molar-refractivity contribution < 1.29 is 13.9 Å². The third-order valence-electron chi connectivity index (χ3n) is 4.86. The quantitative estimate of drug-likeness (QED) is 0.836. The highest BCUT2D eigenvalue weighted by Gasteiger charge is 2.33. The second-order valence-electron chi connectivity index (χ2n) is 6.81. The molecule has 2 fully saturated rings. The number of nitrogens with zero attached hydrogens (tertiary/aromatic N) is 4. The maximum atomic E-state index is 13.7. The SMILES string of the molecule is C[C@H](Oc1ccccc1F)C(=O)N1CC[C@@H](n2cc(C3CC3)nn2)C1. The molecule has 1 saturated carbocycles. The van der Waals surface area contributed by atoms with E-state index >= 15 is 0 Å². The highest BCUT2D eigenvalue weighted by atomic mass is 19.1. The van der Waals surface area contributed by atoms with Gasteiger partial charge in [-0.15, -0.1) is 5.10 Å². The molecule has 1 saturated heterocycles. The molecule has 1 aliphatic heterocycles. The Morgan fingerprint density at radius 2 is 2.12 bits per heavy atom. The number of carbonyl (C=O) groups excluding carboxylic acids is 1. The number of hydrogen-bond acceptors (Lipinski definition) is 4. The third-order valence-corrected chi connectivity index (χ3v) is 4.86. The number of aromatic nitrogens is 3. The highest BCUT2D eigenvalue weighted by Crippen LogP contribution is 2.39. The van der Waals surface area contributed by atoms with Crippen molar-refractivity contribution in [2.45, 2.75) is 44.2 Å². The van der Waals surface area contributed by atoms with E-state index in [0.717, 1.165) is 12.1 Å². The molecule has 1 aliphatic carbocycles. The number of para-hydroxylation sites is 1. The molecule has 0 unspecified atom stereocenters. The number of ether oxygens (including phenoxy) is 1. The summed E-state index contributed by atoms with van der Waals surface area (Å²) in [4.78, 5) is 14.4. The van der Waals surface area contributed by atoms with Crippen molar-refractivity contribution in [3.05, 3.63) is 42.0 Å². The Bertz CT molecular complexity index is 774. The second-order valence-corrected chi connectivity index (χ2v) is 6.81. The maximum Gasteiger partial charge on any atom is 0.263 e. The van der Waals surface area contributed by atoms with E-state index in [2.05, 4.69) is 10.3 Å². The first-order chi connectivity index (χ1) is 12.1. The lowest BCUT2D eigenvalue weighted by molar-refractivity contribution is -0.137. The van der Waals surface area contributed by atoms with Crippen LogP contribution < -0.4 is 4.74 Å². The van der Waals surface area contributed by atoms with Gasteiger partial charge in [-0.25, -0.2) is 9.07 Å². The molecule has 7 heteroatoms. The topological polar surface area (TPSA) is 60.2 Å². The number of rotatable bonds is 5. The number of likely N-dealkylation sites (tertiary alicyclic amines) is 1. The summed E-state index contributed by atoms with van der Waals surface area (Å²) >= 11 is 0. The Hall–Kier alpha value is -2.44. The van der Waals surface area contributed by atoms with E-state index in [4.69, 9.17) is 4.74 Å². The van der Waals surface area contributed by atoms with Crippen LogP contribution in [0.1, 0.15) is 43.8 Å². The zero-order valence-electron chi connectivity index (χ0n) is 14.1. The normalized spacial score (nSPS) is 21.4. The fourth-order valence-electron chi connectivity index (χ4n) is 3.23. The zero-order chi connectivity index (χ0) is 17.4. The van der Waals surface area contributed by atoms with Crippen LogP contribution in [0, 0.1) is 5.82 Å². The van der Waals surface area contributed by atoms with Crippen LogP contribution >= 0.6 is 0 Å². The Labute approximate surface area is 145 Å². The predicted molar refractivity (Wildman–Crippen MR) is 88.7 cm³/mol. The molecule has 0 N–H and O–H groups in total. The molecule has 1 amide bonds. The molecule has 132 valence electrons. The van der Waals surface area contributed by atoms with Crippen molar-refractivity contribution in [1.82, 2.24) is 19.9 Å². The van der Waals surface area contributed by atoms with Crippen LogP contribution in [0.2, 0.25) is 0 Å². The monoisotopic (exact) mass is 344 g/mol. The Kier molecular flexibility index (Phi) is 4.15. The van der Waals surface area contributed by atoms with Gasteiger partial charge in [-0.3, -0.25) is 4.79 Å². The van der Waals surface area contributed by atoms with Gasteiger partial charge in [0.15, 0.2) is 17.7 Å². The van der Waals surface area contributed by atoms with Crippen LogP contribution in [0.25, 0.3) is 0 Å². The molecule has 0 bridgehead atoms. The average Bonchev–Trinajstić information content (AvgIpc) is 3.15. The molecule has 1 aromatic heterocycles. The fourth-order valence-corrected chi connectivity index (χ4v) is 3.23. The molecule has 2 atom stereocenters. The minimum Gasteiger partial charge on any atom is -0.478 e. The molecule has 1 aromatic carbocycles. The van der Waals surface area contributed by atoms with Crippen molar-refractivity contribution in [1.29, 1.82) is 0 Å². The van der Waals surface area contributed by atoms with Crippen LogP contribution in [-0.2, 0) is 4.79 Å². The van der Waals surface area contributed by atoms with Gasteiger partial charge in [0.2, 0.25) is 0 Å². The van der Waals surface area contributed by atoms with Crippen LogP contribution in [0.3, 0.4) is 0 Å². The largest absolute Gasteiger partial charge is 0.478 e. The smallest absolute Gasteiger partial charge is 0.263 e. The summed E-state index contributed by atoms with van der Waals surface area (Å²) in [7, 11) is 0. The summed E-state index contributed by atoms with van der Waals surface area (Å²) in [5, 5.41) is 8.46. The van der Waals surface area contributed by atoms with Crippen molar-refractivity contribution in [2.75, 3.05) is 13.1 Å². The van der Waals surface area contributed by atoms with E-state index in [9.17, 15) is 9.18 Å². The van der Waals surface area contributed by atoms with Crippen molar-refractivity contribution >= 4 is 5.91 Å². The number of amides is 1. The molecular formula is C18H21FN4O2. The summed E-state index contributed by atoms with van der Waals surface area (Å²) in [6, 6.07) is 6.27. The first kappa shape index (κ1) is 16.1. The molecular weight excluding hydrogens is 323 g/mol. The first-order valence-corrected chi connectivity index (χ1v) is 8.73. The molecule has 2 aliphatic rings. The number of carbonyl (C=O) groups is 1. The van der Waals surface area contributed by atoms with Gasteiger partial charge in [-0.2, -0.15) is 0 Å². The number of hydrogen-bond donors (Lipinski definition) is 0. The lowest BCUT2D eigenvalue weighted by Crippen LogP contribution is -2.39. The fraction of sp³-hybridized carbons (Fsp3) is 0.500. The summed E-state index contributed by atoms with van der Waals surface area (Å²) < 4.78 is 21.1. The van der Waals surface area contributed by atoms with E-state index in [1.165, 1.54) is 25.0 Å². The predicted octanol–water partition coefficient (Wildman–Crippen LogP) is 2.54. The standard InChI is InChI=1S/C18H21FN4O2/c1-12(25-17-5-3-2-4-15(17)19)18(24)22-9-8-14(10-22)23-11-16(20-21-23)13-6-7-13/h2-5,11-14H,6-10H2,1H3/t12-,14+/m0/s1. The molecule has 0 spiro atoms. The third kappa shape index (κ3) is 3.36. The molecule has 25 heavy (non-hydrogen) atoms. The van der Waals surface area contributed by atoms with E-state index < -0.39 is 11.9 Å². The molecule has 6 nitrogen and oxygen atoms in total. The van der Waals surface area contributed by atoms with Gasteiger partial charge < -0.3 is 9.64 Å².